The molecule has 0 radical (unpaired) electrons. The Labute approximate surface area is 190 Å². The van der Waals surface area contributed by atoms with Crippen molar-refractivity contribution in [1.29, 1.82) is 5.26 Å². The number of hydrogen-bond donors (Lipinski definition) is 0. The Balaban J connectivity index is 1.71. The van der Waals surface area contributed by atoms with Crippen molar-refractivity contribution >= 4 is 28.1 Å². The van der Waals surface area contributed by atoms with Crippen LogP contribution in [-0.4, -0.2) is 17.7 Å². The molecule has 0 N–H and O–H groups in total. The van der Waals surface area contributed by atoms with E-state index in [1.807, 2.05) is 24.3 Å². The molecule has 1 heterocycles. The first-order valence-corrected chi connectivity index (χ1v) is 11.2. The molecule has 32 heavy (non-hydrogen) atoms. The summed E-state index contributed by atoms with van der Waals surface area (Å²) in [6.45, 7) is 10.6. The zero-order valence-electron chi connectivity index (χ0n) is 19.3. The third-order valence-corrected chi connectivity index (χ3v) is 6.19. The molecule has 0 aliphatic heterocycles. The van der Waals surface area contributed by atoms with Crippen LogP contribution in [0, 0.1) is 25.2 Å². The molecule has 3 heteroatoms. The van der Waals surface area contributed by atoms with Crippen LogP contribution in [0.15, 0.2) is 72.8 Å². The number of aryl methyl sites for hydroxylation is 1. The number of benzene rings is 3. The van der Waals surface area contributed by atoms with Crippen molar-refractivity contribution in [2.45, 2.75) is 27.7 Å². The Morgan fingerprint density at radius 1 is 0.906 bits per heavy atom. The second kappa shape index (κ2) is 9.16. The van der Waals surface area contributed by atoms with Crippen molar-refractivity contribution in [3.8, 4) is 11.8 Å². The Bertz CT molecular complexity index is 1310. The quantitative estimate of drug-likeness (QED) is 0.311. The molecule has 3 nitrogen and oxygen atoms in total. The van der Waals surface area contributed by atoms with Gasteiger partial charge in [-0.3, -0.25) is 0 Å². The summed E-state index contributed by atoms with van der Waals surface area (Å²) in [5, 5.41) is 12.2. The second-order valence-corrected chi connectivity index (χ2v) is 8.08. The van der Waals surface area contributed by atoms with Gasteiger partial charge < -0.3 is 9.47 Å². The van der Waals surface area contributed by atoms with E-state index < -0.39 is 0 Å². The minimum Gasteiger partial charge on any atom is -0.372 e. The van der Waals surface area contributed by atoms with Gasteiger partial charge >= 0.3 is 0 Å². The van der Waals surface area contributed by atoms with Crippen molar-refractivity contribution in [2.75, 3.05) is 18.0 Å². The Kier molecular flexibility index (Phi) is 6.14. The first-order valence-electron chi connectivity index (χ1n) is 11.2. The van der Waals surface area contributed by atoms with E-state index in [9.17, 15) is 5.26 Å². The molecule has 3 aromatic carbocycles. The lowest BCUT2D eigenvalue weighted by molar-refractivity contribution is 0.865. The smallest absolute Gasteiger partial charge is 0.0998 e. The highest BCUT2D eigenvalue weighted by Crippen LogP contribution is 2.28. The molecule has 0 atom stereocenters. The van der Waals surface area contributed by atoms with Gasteiger partial charge in [-0.2, -0.15) is 5.26 Å². The van der Waals surface area contributed by atoms with Crippen molar-refractivity contribution in [3.05, 3.63) is 95.3 Å². The number of anilines is 1. The van der Waals surface area contributed by atoms with E-state index in [0.717, 1.165) is 46.7 Å². The van der Waals surface area contributed by atoms with Gasteiger partial charge in [0, 0.05) is 35.9 Å². The lowest BCUT2D eigenvalue weighted by atomic mass is 10.0. The number of nitrogens with zero attached hydrogens (tertiary/aromatic N) is 3. The van der Waals surface area contributed by atoms with Gasteiger partial charge in [-0.25, -0.2) is 0 Å². The van der Waals surface area contributed by atoms with E-state index in [0.29, 0.717) is 5.57 Å². The Morgan fingerprint density at radius 2 is 1.59 bits per heavy atom. The van der Waals surface area contributed by atoms with Crippen LogP contribution >= 0.6 is 0 Å². The summed E-state index contributed by atoms with van der Waals surface area (Å²) in [5.74, 6) is 0. The minimum absolute atomic E-state index is 0.674. The van der Waals surface area contributed by atoms with Crippen molar-refractivity contribution in [2.24, 2.45) is 0 Å². The number of hydrogen-bond acceptors (Lipinski definition) is 2. The largest absolute Gasteiger partial charge is 0.372 e. The molecular formula is C29H29N3. The van der Waals surface area contributed by atoms with Crippen molar-refractivity contribution in [3.63, 3.8) is 0 Å². The van der Waals surface area contributed by atoms with E-state index >= 15 is 0 Å². The average molecular weight is 420 g/mol. The summed E-state index contributed by atoms with van der Waals surface area (Å²) in [5.41, 5.74) is 7.35. The van der Waals surface area contributed by atoms with Gasteiger partial charge in [0.05, 0.1) is 11.6 Å². The van der Waals surface area contributed by atoms with Crippen molar-refractivity contribution in [1.82, 2.24) is 4.57 Å². The highest BCUT2D eigenvalue weighted by Gasteiger charge is 2.12. The van der Waals surface area contributed by atoms with Gasteiger partial charge in [-0.1, -0.05) is 36.4 Å². The topological polar surface area (TPSA) is 32.0 Å². The molecule has 0 bridgehead atoms. The summed E-state index contributed by atoms with van der Waals surface area (Å²) in [7, 11) is 0. The highest BCUT2D eigenvalue weighted by molar-refractivity contribution is 5.94. The molecule has 0 fully saturated rings. The molecule has 0 spiro atoms. The molecule has 0 amide bonds. The maximum atomic E-state index is 9.90. The third-order valence-electron chi connectivity index (χ3n) is 6.19. The molecule has 0 saturated heterocycles. The Hall–Kier alpha value is -3.77. The van der Waals surface area contributed by atoms with Gasteiger partial charge in [0.25, 0.3) is 0 Å². The lowest BCUT2D eigenvalue weighted by Gasteiger charge is -2.21. The molecule has 0 aliphatic rings. The predicted octanol–water partition coefficient (Wildman–Crippen LogP) is 7.16. The second-order valence-electron chi connectivity index (χ2n) is 8.08. The molecule has 4 rings (SSSR count). The average Bonchev–Trinajstić information content (AvgIpc) is 3.11. The van der Waals surface area contributed by atoms with Crippen LogP contribution in [0.3, 0.4) is 0 Å². The maximum Gasteiger partial charge on any atom is 0.0998 e. The van der Waals surface area contributed by atoms with E-state index in [2.05, 4.69) is 97.8 Å². The fourth-order valence-corrected chi connectivity index (χ4v) is 4.42. The molecule has 0 saturated carbocycles. The summed E-state index contributed by atoms with van der Waals surface area (Å²) >= 11 is 0. The molecule has 4 aromatic rings. The first-order chi connectivity index (χ1) is 15.5. The fraction of sp³-hybridized carbons (Fsp3) is 0.207. The maximum absolute atomic E-state index is 9.90. The number of allylic oxidation sites excluding steroid dienone is 1. The van der Waals surface area contributed by atoms with Crippen LogP contribution in [-0.2, 0) is 0 Å². The Morgan fingerprint density at radius 3 is 2.25 bits per heavy atom. The monoisotopic (exact) mass is 419 g/mol. The van der Waals surface area contributed by atoms with Crippen LogP contribution in [0.1, 0.15) is 36.4 Å². The van der Waals surface area contributed by atoms with Crippen LogP contribution in [0.4, 0.5) is 5.69 Å². The molecule has 0 unspecified atom stereocenters. The summed E-state index contributed by atoms with van der Waals surface area (Å²) < 4.78 is 2.26. The predicted molar refractivity (Wildman–Crippen MR) is 136 cm³/mol. The van der Waals surface area contributed by atoms with E-state index in [4.69, 9.17) is 0 Å². The zero-order chi connectivity index (χ0) is 22.7. The van der Waals surface area contributed by atoms with Crippen molar-refractivity contribution < 1.29 is 0 Å². The highest BCUT2D eigenvalue weighted by atomic mass is 15.1. The molecule has 1 aromatic heterocycles. The minimum atomic E-state index is 0.674. The number of aromatic nitrogens is 1. The van der Waals surface area contributed by atoms with E-state index in [-0.39, 0.29) is 0 Å². The molecule has 160 valence electrons. The summed E-state index contributed by atoms with van der Waals surface area (Å²) in [6.07, 6.45) is 2.01. The van der Waals surface area contributed by atoms with Crippen LogP contribution < -0.4 is 4.90 Å². The summed E-state index contributed by atoms with van der Waals surface area (Å²) in [4.78, 5) is 2.34. The molecular weight excluding hydrogens is 390 g/mol. The summed E-state index contributed by atoms with van der Waals surface area (Å²) in [6, 6.07) is 27.7. The SMILES string of the molecule is CCN(CC)c1ccc(-n2c(C)cc(C=C(C#N)c3ccc4ccccc4c3)c2C)cc1. The number of rotatable bonds is 6. The first kappa shape index (κ1) is 21.5. The van der Waals surface area contributed by atoms with Crippen LogP contribution in [0.2, 0.25) is 0 Å². The third kappa shape index (κ3) is 4.05. The van der Waals surface area contributed by atoms with Gasteiger partial charge in [0.1, 0.15) is 0 Å². The normalized spacial score (nSPS) is 11.5. The number of fused-ring (bicyclic) bond motifs is 1. The standard InChI is InChI=1S/C29H29N3/c1-5-31(6-2)28-13-15-29(16-14-28)32-21(3)17-26(22(32)4)19-27(20-30)25-12-11-23-9-7-8-10-24(23)18-25/h7-19H,5-6H2,1-4H3. The fourth-order valence-electron chi connectivity index (χ4n) is 4.42. The zero-order valence-corrected chi connectivity index (χ0v) is 19.3. The van der Waals surface area contributed by atoms with Crippen LogP contribution in [0.5, 0.6) is 0 Å². The molecule has 0 aliphatic carbocycles. The van der Waals surface area contributed by atoms with Gasteiger partial charge in [0.15, 0.2) is 0 Å². The van der Waals surface area contributed by atoms with Crippen LogP contribution in [0.25, 0.3) is 28.1 Å². The van der Waals surface area contributed by atoms with E-state index in [1.54, 1.807) is 0 Å². The number of nitriles is 1. The van der Waals surface area contributed by atoms with Gasteiger partial charge in [-0.05, 0) is 92.1 Å². The van der Waals surface area contributed by atoms with Gasteiger partial charge in [0.2, 0.25) is 0 Å². The lowest BCUT2D eigenvalue weighted by Crippen LogP contribution is -2.21. The van der Waals surface area contributed by atoms with E-state index in [1.165, 1.54) is 11.1 Å². The van der Waals surface area contributed by atoms with Gasteiger partial charge in [-0.15, -0.1) is 0 Å².